The largest absolute Gasteiger partial charge is 0.409 e. The molecule has 0 radical (unpaired) electrons. The number of anilines is 1. The SMILES string of the molecule is N/C(=N\O)c1ccc(N2CCCC(CO)C2)cc1. The van der Waals surface area contributed by atoms with Gasteiger partial charge in [-0.15, -0.1) is 0 Å². The molecule has 1 aromatic carbocycles. The highest BCUT2D eigenvalue weighted by Gasteiger charge is 2.19. The Kier molecular flexibility index (Phi) is 4.04. The molecule has 98 valence electrons. The molecule has 5 nitrogen and oxygen atoms in total. The van der Waals surface area contributed by atoms with Crippen molar-refractivity contribution in [2.45, 2.75) is 12.8 Å². The smallest absolute Gasteiger partial charge is 0.170 e. The van der Waals surface area contributed by atoms with Crippen LogP contribution < -0.4 is 10.6 Å². The molecule has 1 aliphatic rings. The number of aliphatic hydroxyl groups excluding tert-OH is 1. The first-order chi connectivity index (χ1) is 8.74. The van der Waals surface area contributed by atoms with Crippen molar-refractivity contribution >= 4 is 11.5 Å². The van der Waals surface area contributed by atoms with Crippen LogP contribution in [0, 0.1) is 5.92 Å². The van der Waals surface area contributed by atoms with E-state index in [2.05, 4.69) is 10.1 Å². The zero-order chi connectivity index (χ0) is 13.0. The Morgan fingerprint density at radius 3 is 2.72 bits per heavy atom. The van der Waals surface area contributed by atoms with Crippen molar-refractivity contribution in [1.29, 1.82) is 0 Å². The number of hydrogen-bond acceptors (Lipinski definition) is 4. The van der Waals surface area contributed by atoms with Crippen LogP contribution in [0.3, 0.4) is 0 Å². The molecule has 0 amide bonds. The Balaban J connectivity index is 2.09. The molecule has 0 aromatic heterocycles. The van der Waals surface area contributed by atoms with Crippen LogP contribution in [0.1, 0.15) is 18.4 Å². The highest BCUT2D eigenvalue weighted by Crippen LogP contribution is 2.23. The maximum absolute atomic E-state index is 9.22. The third-order valence-corrected chi connectivity index (χ3v) is 3.41. The van der Waals surface area contributed by atoms with Crippen LogP contribution >= 0.6 is 0 Å². The fourth-order valence-corrected chi connectivity index (χ4v) is 2.35. The van der Waals surface area contributed by atoms with Gasteiger partial charge in [-0.25, -0.2) is 0 Å². The first-order valence-corrected chi connectivity index (χ1v) is 6.18. The first kappa shape index (κ1) is 12.7. The van der Waals surface area contributed by atoms with Crippen molar-refractivity contribution < 1.29 is 10.3 Å². The number of amidine groups is 1. The number of hydrogen-bond donors (Lipinski definition) is 3. The lowest BCUT2D eigenvalue weighted by Crippen LogP contribution is -2.36. The Hall–Kier alpha value is -1.75. The van der Waals surface area contributed by atoms with Crippen molar-refractivity contribution in [3.63, 3.8) is 0 Å². The zero-order valence-corrected chi connectivity index (χ0v) is 10.3. The summed E-state index contributed by atoms with van der Waals surface area (Å²) < 4.78 is 0. The number of nitrogens with two attached hydrogens (primary N) is 1. The van der Waals surface area contributed by atoms with Gasteiger partial charge in [-0.3, -0.25) is 0 Å². The maximum Gasteiger partial charge on any atom is 0.170 e. The van der Waals surface area contributed by atoms with Crippen LogP contribution in [-0.2, 0) is 0 Å². The molecule has 1 saturated heterocycles. The van der Waals surface area contributed by atoms with Gasteiger partial charge >= 0.3 is 0 Å². The van der Waals surface area contributed by atoms with E-state index < -0.39 is 0 Å². The lowest BCUT2D eigenvalue weighted by atomic mass is 9.98. The van der Waals surface area contributed by atoms with Gasteiger partial charge in [-0.05, 0) is 43.0 Å². The van der Waals surface area contributed by atoms with Gasteiger partial charge in [-0.2, -0.15) is 0 Å². The molecule has 0 spiro atoms. The molecule has 1 fully saturated rings. The average Bonchev–Trinajstić information content (AvgIpc) is 2.46. The molecule has 0 bridgehead atoms. The second-order valence-electron chi connectivity index (χ2n) is 4.67. The van der Waals surface area contributed by atoms with E-state index in [1.807, 2.05) is 24.3 Å². The first-order valence-electron chi connectivity index (χ1n) is 6.18. The van der Waals surface area contributed by atoms with Crippen molar-refractivity contribution in [2.75, 3.05) is 24.6 Å². The van der Waals surface area contributed by atoms with Gasteiger partial charge in [0.2, 0.25) is 0 Å². The summed E-state index contributed by atoms with van der Waals surface area (Å²) in [6, 6.07) is 7.61. The highest BCUT2D eigenvalue weighted by molar-refractivity contribution is 5.97. The summed E-state index contributed by atoms with van der Waals surface area (Å²) in [6.07, 6.45) is 2.20. The molecule has 4 N–H and O–H groups in total. The van der Waals surface area contributed by atoms with E-state index in [1.54, 1.807) is 0 Å². The van der Waals surface area contributed by atoms with Gasteiger partial charge in [0.25, 0.3) is 0 Å². The molecule has 1 aliphatic heterocycles. The number of rotatable bonds is 3. The molecule has 1 aromatic rings. The molecule has 1 unspecified atom stereocenters. The lowest BCUT2D eigenvalue weighted by molar-refractivity contribution is 0.209. The summed E-state index contributed by atoms with van der Waals surface area (Å²) in [4.78, 5) is 2.26. The summed E-state index contributed by atoms with van der Waals surface area (Å²) in [6.45, 7) is 2.15. The summed E-state index contributed by atoms with van der Waals surface area (Å²) in [5, 5.41) is 20.8. The van der Waals surface area contributed by atoms with Crippen molar-refractivity contribution in [1.82, 2.24) is 0 Å². The molecule has 2 rings (SSSR count). The van der Waals surface area contributed by atoms with Gasteiger partial charge in [0.1, 0.15) is 0 Å². The fourth-order valence-electron chi connectivity index (χ4n) is 2.35. The second-order valence-corrected chi connectivity index (χ2v) is 4.67. The van der Waals surface area contributed by atoms with E-state index in [0.717, 1.165) is 31.6 Å². The summed E-state index contributed by atoms with van der Waals surface area (Å²) in [5.41, 5.74) is 7.34. The Labute approximate surface area is 107 Å². The van der Waals surface area contributed by atoms with E-state index in [0.29, 0.717) is 11.5 Å². The number of benzene rings is 1. The van der Waals surface area contributed by atoms with Crippen molar-refractivity contribution in [2.24, 2.45) is 16.8 Å². The fraction of sp³-hybridized carbons (Fsp3) is 0.462. The van der Waals surface area contributed by atoms with Gasteiger partial charge in [0.05, 0.1) is 0 Å². The number of oxime groups is 1. The van der Waals surface area contributed by atoms with E-state index in [9.17, 15) is 5.11 Å². The molecule has 5 heteroatoms. The molecule has 0 aliphatic carbocycles. The minimum atomic E-state index is 0.119. The van der Waals surface area contributed by atoms with Gasteiger partial charge in [0, 0.05) is 30.9 Å². The quantitative estimate of drug-likeness (QED) is 0.323. The molecule has 0 saturated carbocycles. The summed E-state index contributed by atoms with van der Waals surface area (Å²) in [5.74, 6) is 0.482. The summed E-state index contributed by atoms with van der Waals surface area (Å²) in [7, 11) is 0. The highest BCUT2D eigenvalue weighted by atomic mass is 16.4. The summed E-state index contributed by atoms with van der Waals surface area (Å²) >= 11 is 0. The zero-order valence-electron chi connectivity index (χ0n) is 10.3. The Morgan fingerprint density at radius 2 is 2.11 bits per heavy atom. The molecular formula is C13H19N3O2. The lowest BCUT2D eigenvalue weighted by Gasteiger charge is -2.33. The van der Waals surface area contributed by atoms with Crippen LogP contribution in [0.5, 0.6) is 0 Å². The topological polar surface area (TPSA) is 82.1 Å². The van der Waals surface area contributed by atoms with Crippen LogP contribution in [0.4, 0.5) is 5.69 Å². The molecular weight excluding hydrogens is 230 g/mol. The third-order valence-electron chi connectivity index (χ3n) is 3.41. The van der Waals surface area contributed by atoms with Gasteiger partial charge in [0.15, 0.2) is 5.84 Å². The Morgan fingerprint density at radius 1 is 1.39 bits per heavy atom. The van der Waals surface area contributed by atoms with E-state index in [1.165, 1.54) is 0 Å². The van der Waals surface area contributed by atoms with Crippen LogP contribution in [0.15, 0.2) is 29.4 Å². The van der Waals surface area contributed by atoms with Crippen molar-refractivity contribution in [3.05, 3.63) is 29.8 Å². The molecule has 1 heterocycles. The Bertz CT molecular complexity index is 417. The van der Waals surface area contributed by atoms with E-state index >= 15 is 0 Å². The average molecular weight is 249 g/mol. The van der Waals surface area contributed by atoms with E-state index in [4.69, 9.17) is 10.9 Å². The van der Waals surface area contributed by atoms with Crippen molar-refractivity contribution in [3.8, 4) is 0 Å². The normalized spacial score (nSPS) is 21.1. The second kappa shape index (κ2) is 5.73. The third kappa shape index (κ3) is 2.73. The maximum atomic E-state index is 9.22. The number of piperidine rings is 1. The molecule has 18 heavy (non-hydrogen) atoms. The van der Waals surface area contributed by atoms with Crippen LogP contribution in [0.2, 0.25) is 0 Å². The van der Waals surface area contributed by atoms with Crippen LogP contribution in [0.25, 0.3) is 0 Å². The monoisotopic (exact) mass is 249 g/mol. The number of aliphatic hydroxyl groups is 1. The number of nitrogens with zero attached hydrogens (tertiary/aromatic N) is 2. The minimum absolute atomic E-state index is 0.119. The predicted molar refractivity (Wildman–Crippen MR) is 71.0 cm³/mol. The van der Waals surface area contributed by atoms with Gasteiger partial charge < -0.3 is 20.9 Å². The predicted octanol–water partition coefficient (Wildman–Crippen LogP) is 0.990. The minimum Gasteiger partial charge on any atom is -0.409 e. The van der Waals surface area contributed by atoms with E-state index in [-0.39, 0.29) is 12.4 Å². The van der Waals surface area contributed by atoms with Gasteiger partial charge in [-0.1, -0.05) is 5.16 Å². The standard InChI is InChI=1S/C13H19N3O2/c14-13(15-18)11-3-5-12(6-4-11)16-7-1-2-10(8-16)9-17/h3-6,10,17-18H,1-2,7-9H2,(H2,14,15). The molecule has 1 atom stereocenters. The van der Waals surface area contributed by atoms with Crippen LogP contribution in [-0.4, -0.2) is 35.8 Å².